The lowest BCUT2D eigenvalue weighted by molar-refractivity contribution is 0.660. The van der Waals surface area contributed by atoms with E-state index in [1.54, 1.807) is 0 Å². The maximum absolute atomic E-state index is 2.54. The molecule has 9 aromatic rings. The molecule has 2 unspecified atom stereocenters. The summed E-state index contributed by atoms with van der Waals surface area (Å²) in [6.07, 6.45) is 0. The molecular weight excluding hydrogens is 709 g/mol. The van der Waals surface area contributed by atoms with Crippen molar-refractivity contribution in [2.45, 2.75) is 31.1 Å². The van der Waals surface area contributed by atoms with E-state index >= 15 is 0 Å². The number of benzene rings is 9. The Morgan fingerprint density at radius 1 is 0.271 bits per heavy atom. The topological polar surface area (TPSA) is 0 Å². The van der Waals surface area contributed by atoms with Crippen LogP contribution in [0.5, 0.6) is 0 Å². The minimum atomic E-state index is -0.0748. The Hall–Kier alpha value is -7.02. The Kier molecular flexibility index (Phi) is 7.50. The predicted molar refractivity (Wildman–Crippen MR) is 246 cm³/mol. The molecule has 0 spiro atoms. The fourth-order valence-electron chi connectivity index (χ4n) is 10.8. The minimum absolute atomic E-state index is 0.0748. The van der Waals surface area contributed by atoms with Crippen molar-refractivity contribution in [3.8, 4) is 66.8 Å². The van der Waals surface area contributed by atoms with Crippen LogP contribution in [-0.4, -0.2) is 0 Å². The van der Waals surface area contributed by atoms with Gasteiger partial charge in [-0.3, -0.25) is 0 Å². The van der Waals surface area contributed by atoms with Gasteiger partial charge in [0.05, 0.1) is 0 Å². The molecule has 0 heteroatoms. The number of hydrogen-bond donors (Lipinski definition) is 0. The molecule has 0 aliphatic heterocycles. The first-order chi connectivity index (χ1) is 29.0. The highest BCUT2D eigenvalue weighted by molar-refractivity contribution is 5.92. The van der Waals surface area contributed by atoms with Crippen LogP contribution in [0.25, 0.3) is 66.8 Å². The zero-order valence-electron chi connectivity index (χ0n) is 33.3. The Balaban J connectivity index is 1.00. The quantitative estimate of drug-likeness (QED) is 0.164. The van der Waals surface area contributed by atoms with Gasteiger partial charge in [0.2, 0.25) is 0 Å². The van der Waals surface area contributed by atoms with Crippen molar-refractivity contribution < 1.29 is 0 Å². The standard InChI is InChI=1S/C59H42/c1-59(2)55-26-12-11-24-46(55)53-35-54-52(36-56(53)59)51-34-42(28-30-49(51)58(54)44-22-14-20-40(32-44)38-17-7-4-8-18-38)41-27-29-48-50(33-41)45-23-9-10-25-47(45)57(48)43-21-13-19-39(31-43)37-15-5-3-6-16-37/h3-36,57-58H,1-2H3. The molecule has 0 heterocycles. The van der Waals surface area contributed by atoms with Gasteiger partial charge in [0.1, 0.15) is 0 Å². The third kappa shape index (κ3) is 5.23. The first-order valence-electron chi connectivity index (χ1n) is 21.0. The molecule has 0 fully saturated rings. The first-order valence-corrected chi connectivity index (χ1v) is 21.0. The summed E-state index contributed by atoms with van der Waals surface area (Å²) < 4.78 is 0. The molecular formula is C59H42. The second-order valence-corrected chi connectivity index (χ2v) is 17.2. The van der Waals surface area contributed by atoms with Crippen molar-refractivity contribution >= 4 is 0 Å². The molecule has 3 aliphatic rings. The van der Waals surface area contributed by atoms with E-state index in [1.165, 1.54) is 111 Å². The van der Waals surface area contributed by atoms with Gasteiger partial charge in [-0.05, 0) is 136 Å². The lowest BCUT2D eigenvalue weighted by Crippen LogP contribution is -2.15. The molecule has 12 rings (SSSR count). The normalized spacial score (nSPS) is 16.1. The third-order valence-corrected chi connectivity index (χ3v) is 13.6. The Morgan fingerprint density at radius 3 is 1.36 bits per heavy atom. The molecule has 0 saturated heterocycles. The summed E-state index contributed by atoms with van der Waals surface area (Å²) in [7, 11) is 0. The highest BCUT2D eigenvalue weighted by atomic mass is 14.4. The van der Waals surface area contributed by atoms with Crippen LogP contribution in [-0.2, 0) is 5.41 Å². The van der Waals surface area contributed by atoms with E-state index in [0.29, 0.717) is 0 Å². The highest BCUT2D eigenvalue weighted by Crippen LogP contribution is 2.57. The molecule has 0 N–H and O–H groups in total. The summed E-state index contributed by atoms with van der Waals surface area (Å²) in [6.45, 7) is 4.79. The summed E-state index contributed by atoms with van der Waals surface area (Å²) in [5.41, 5.74) is 26.6. The van der Waals surface area contributed by atoms with Crippen molar-refractivity contribution in [2.24, 2.45) is 0 Å². The van der Waals surface area contributed by atoms with Crippen molar-refractivity contribution in [3.05, 3.63) is 251 Å². The van der Waals surface area contributed by atoms with E-state index in [-0.39, 0.29) is 17.3 Å². The van der Waals surface area contributed by atoms with Gasteiger partial charge in [0, 0.05) is 17.3 Å². The highest BCUT2D eigenvalue weighted by Gasteiger charge is 2.39. The fraction of sp³-hybridized carbons (Fsp3) is 0.0847. The number of rotatable bonds is 5. The van der Waals surface area contributed by atoms with Gasteiger partial charge in [0.15, 0.2) is 0 Å². The smallest absolute Gasteiger partial charge is 0.0352 e. The first kappa shape index (κ1) is 34.1. The minimum Gasteiger partial charge on any atom is -0.0622 e. The van der Waals surface area contributed by atoms with Crippen LogP contribution < -0.4 is 0 Å². The van der Waals surface area contributed by atoms with Gasteiger partial charge in [-0.15, -0.1) is 0 Å². The maximum Gasteiger partial charge on any atom is 0.0352 e. The van der Waals surface area contributed by atoms with E-state index in [1.807, 2.05) is 0 Å². The van der Waals surface area contributed by atoms with Gasteiger partial charge in [-0.1, -0.05) is 196 Å². The van der Waals surface area contributed by atoms with Crippen LogP contribution in [0, 0.1) is 0 Å². The molecule has 0 bridgehead atoms. The van der Waals surface area contributed by atoms with E-state index < -0.39 is 0 Å². The molecule has 59 heavy (non-hydrogen) atoms. The van der Waals surface area contributed by atoms with Crippen molar-refractivity contribution in [1.82, 2.24) is 0 Å². The van der Waals surface area contributed by atoms with Gasteiger partial charge in [-0.25, -0.2) is 0 Å². The third-order valence-electron chi connectivity index (χ3n) is 13.6. The largest absolute Gasteiger partial charge is 0.0622 e. The molecule has 9 aromatic carbocycles. The Morgan fingerprint density at radius 2 is 0.729 bits per heavy atom. The van der Waals surface area contributed by atoms with Gasteiger partial charge < -0.3 is 0 Å². The van der Waals surface area contributed by atoms with E-state index in [0.717, 1.165) is 0 Å². The predicted octanol–water partition coefficient (Wildman–Crippen LogP) is 15.3. The monoisotopic (exact) mass is 750 g/mol. The van der Waals surface area contributed by atoms with Crippen LogP contribution in [0.15, 0.2) is 206 Å². The van der Waals surface area contributed by atoms with Crippen LogP contribution >= 0.6 is 0 Å². The lowest BCUT2D eigenvalue weighted by atomic mass is 9.81. The van der Waals surface area contributed by atoms with Crippen molar-refractivity contribution in [2.75, 3.05) is 0 Å². The summed E-state index contributed by atoms with van der Waals surface area (Å²) in [4.78, 5) is 0. The van der Waals surface area contributed by atoms with Gasteiger partial charge in [-0.2, -0.15) is 0 Å². The van der Waals surface area contributed by atoms with Crippen LogP contribution in [0.1, 0.15) is 70.2 Å². The maximum atomic E-state index is 2.54. The van der Waals surface area contributed by atoms with Crippen molar-refractivity contribution in [3.63, 3.8) is 0 Å². The zero-order valence-corrected chi connectivity index (χ0v) is 33.3. The van der Waals surface area contributed by atoms with Crippen LogP contribution in [0.4, 0.5) is 0 Å². The SMILES string of the molecule is CC1(C)c2ccccc2-c2cc3c(cc21)-c1cc(-c2ccc4c(c2)-c2ccccc2C4c2cccc(-c4ccccc4)c2)ccc1C3c1cccc(-c2ccccc2)c1. The fourth-order valence-corrected chi connectivity index (χ4v) is 10.8. The second-order valence-electron chi connectivity index (χ2n) is 17.2. The molecule has 0 nitrogen and oxygen atoms in total. The number of hydrogen-bond acceptors (Lipinski definition) is 0. The molecule has 3 aliphatic carbocycles. The van der Waals surface area contributed by atoms with E-state index in [9.17, 15) is 0 Å². The summed E-state index contributed by atoms with van der Waals surface area (Å²) in [6, 6.07) is 77.5. The molecule has 0 amide bonds. The zero-order chi connectivity index (χ0) is 39.2. The lowest BCUT2D eigenvalue weighted by Gasteiger charge is -2.22. The molecule has 0 aromatic heterocycles. The summed E-state index contributed by atoms with van der Waals surface area (Å²) >= 11 is 0. The molecule has 278 valence electrons. The molecule has 2 atom stereocenters. The molecule has 0 saturated carbocycles. The van der Waals surface area contributed by atoms with Crippen LogP contribution in [0.2, 0.25) is 0 Å². The van der Waals surface area contributed by atoms with Gasteiger partial charge in [0.25, 0.3) is 0 Å². The summed E-state index contributed by atoms with van der Waals surface area (Å²) in [5.74, 6) is 0.325. The Bertz CT molecular complexity index is 3130. The average molecular weight is 751 g/mol. The summed E-state index contributed by atoms with van der Waals surface area (Å²) in [5, 5.41) is 0. The average Bonchev–Trinajstić information content (AvgIpc) is 3.88. The number of fused-ring (bicyclic) bond motifs is 9. The second kappa shape index (κ2) is 13.0. The van der Waals surface area contributed by atoms with Crippen LogP contribution in [0.3, 0.4) is 0 Å². The molecule has 0 radical (unpaired) electrons. The Labute approximate surface area is 347 Å². The van der Waals surface area contributed by atoms with E-state index in [4.69, 9.17) is 0 Å². The van der Waals surface area contributed by atoms with Gasteiger partial charge >= 0.3 is 0 Å². The van der Waals surface area contributed by atoms with E-state index in [2.05, 4.69) is 220 Å². The van der Waals surface area contributed by atoms with Crippen molar-refractivity contribution in [1.29, 1.82) is 0 Å².